The Morgan fingerprint density at radius 2 is 1.92 bits per heavy atom. The molecule has 16 heteroatoms. The minimum absolute atomic E-state index is 0.0161. The van der Waals surface area contributed by atoms with Crippen LogP contribution in [0.15, 0.2) is 33.7 Å². The second-order valence-corrected chi connectivity index (χ2v) is 15.1. The van der Waals surface area contributed by atoms with Crippen molar-refractivity contribution in [1.29, 1.82) is 0 Å². The number of thiazole rings is 1. The molecule has 3 N–H and O–H groups in total. The van der Waals surface area contributed by atoms with Crippen LogP contribution in [0.4, 0.5) is 5.69 Å². The maximum absolute atomic E-state index is 13.2. The van der Waals surface area contributed by atoms with Crippen LogP contribution in [0.25, 0.3) is 11.0 Å². The van der Waals surface area contributed by atoms with Gasteiger partial charge in [0.2, 0.25) is 0 Å². The molecular weight excluding hydrogens is 653 g/mol. The van der Waals surface area contributed by atoms with Crippen LogP contribution in [0, 0.1) is 6.92 Å². The number of unbranched alkanes of at least 4 members (excludes halogenated alkanes) is 2. The van der Waals surface area contributed by atoms with Gasteiger partial charge in [-0.05, 0) is 0 Å². The zero-order chi connectivity index (χ0) is 28.5. The summed E-state index contributed by atoms with van der Waals surface area (Å²) in [4.78, 5) is 39.2. The minimum atomic E-state index is -4.00. The van der Waals surface area contributed by atoms with Gasteiger partial charge in [-0.1, -0.05) is 0 Å². The number of carbonyl (C=O) groups excluding carboxylic acids is 1. The number of allylic oxidation sites excluding steroid dienone is 1. The monoisotopic (exact) mass is 677 g/mol. The molecular formula is C23H23N3O8S4Se. The van der Waals surface area contributed by atoms with E-state index in [0.29, 0.717) is 30.9 Å². The predicted octanol–water partition coefficient (Wildman–Crippen LogP) is 0.190. The van der Waals surface area contributed by atoms with E-state index in [1.54, 1.807) is 6.08 Å². The summed E-state index contributed by atoms with van der Waals surface area (Å²) < 4.78 is 34.3. The molecule has 0 bridgehead atoms. The number of hydrogen-bond acceptors (Lipinski definition) is 10. The number of nitrogens with zero attached hydrogens (tertiary/aromatic N) is 3. The first-order valence-corrected chi connectivity index (χ1v) is 16.9. The number of hydroxylamine groups is 2. The van der Waals surface area contributed by atoms with E-state index in [9.17, 15) is 33.1 Å². The standard InChI is InChI=1S/C23H23N3O8S4Se/c1-13-5-7-16-14(11-13)24(9-3-2-4-10-38(32,33)34)17(39-16)8-6-15-20(29)25(12-18(27)28)22(36-15)19-21(30)26(31)23(35)37-19/h5-8,11,31H,2-4,9-10,12H2,1H3,(H,27,28)(H,32,33,34)/b15-6?,17-8?,22-19+. The molecule has 0 unspecified atom stereocenters. The molecule has 2 aliphatic heterocycles. The fraction of sp³-hybridized carbons (Fsp3) is 0.304. The van der Waals surface area contributed by atoms with Crippen molar-refractivity contribution in [1.82, 2.24) is 9.63 Å². The number of aliphatic carboxylic acids is 1. The van der Waals surface area contributed by atoms with Gasteiger partial charge in [0.05, 0.1) is 0 Å². The fourth-order valence-corrected chi connectivity index (χ4v) is 9.01. The number of thiocarbonyl (C=S) groups is 1. The number of carboxylic acid groups (broad SMARTS) is 1. The van der Waals surface area contributed by atoms with Gasteiger partial charge in [-0.2, -0.15) is 0 Å². The number of rotatable bonds is 9. The first-order valence-electron chi connectivity index (χ1n) is 11.5. The SMILES string of the molecule is Cc1ccc2c(c1)N(CCCCCS(=O)(=O)O)C(=CC=c1s/c(=C3/SC(=S)N(O)C3=O)n(CC(=O)O)c1=O)[Se]2. The predicted molar refractivity (Wildman–Crippen MR) is 154 cm³/mol. The van der Waals surface area contributed by atoms with Gasteiger partial charge in [-0.15, -0.1) is 0 Å². The van der Waals surface area contributed by atoms with E-state index in [-0.39, 0.29) is 39.1 Å². The van der Waals surface area contributed by atoms with Crippen LogP contribution in [-0.2, 0) is 26.3 Å². The summed E-state index contributed by atoms with van der Waals surface area (Å²) in [6, 6.07) is 6.15. The molecule has 4 rings (SSSR count). The first-order chi connectivity index (χ1) is 18.4. The number of thioether (sulfide) groups is 1. The summed E-state index contributed by atoms with van der Waals surface area (Å²) in [6.45, 7) is 1.94. The van der Waals surface area contributed by atoms with Crippen LogP contribution in [0.2, 0.25) is 0 Å². The normalized spacial score (nSPS) is 18.5. The second kappa shape index (κ2) is 12.1. The van der Waals surface area contributed by atoms with E-state index in [1.165, 1.54) is 0 Å². The van der Waals surface area contributed by atoms with Gasteiger partial charge < -0.3 is 0 Å². The Bertz CT molecular complexity index is 1680. The Morgan fingerprint density at radius 3 is 2.56 bits per heavy atom. The van der Waals surface area contributed by atoms with Crippen molar-refractivity contribution >= 4 is 97.7 Å². The number of carbonyl (C=O) groups is 2. The van der Waals surface area contributed by atoms with Crippen molar-refractivity contribution in [3.05, 3.63) is 54.0 Å². The molecule has 39 heavy (non-hydrogen) atoms. The van der Waals surface area contributed by atoms with Crippen LogP contribution in [0.3, 0.4) is 0 Å². The van der Waals surface area contributed by atoms with E-state index in [0.717, 1.165) is 48.0 Å². The van der Waals surface area contributed by atoms with E-state index >= 15 is 0 Å². The zero-order valence-electron chi connectivity index (χ0n) is 20.4. The maximum atomic E-state index is 13.2. The molecule has 1 fully saturated rings. The Morgan fingerprint density at radius 1 is 1.18 bits per heavy atom. The average molecular weight is 677 g/mol. The third-order valence-electron chi connectivity index (χ3n) is 5.69. The number of aryl methyl sites for hydroxylation is 1. The summed E-state index contributed by atoms with van der Waals surface area (Å²) in [7, 11) is -4.00. The molecule has 1 aromatic heterocycles. The van der Waals surface area contributed by atoms with Crippen molar-refractivity contribution in [2.45, 2.75) is 32.7 Å². The molecule has 2 aliphatic rings. The van der Waals surface area contributed by atoms with Crippen LogP contribution in [-0.4, -0.2) is 76.4 Å². The second-order valence-electron chi connectivity index (χ2n) is 8.61. The summed E-state index contributed by atoms with van der Waals surface area (Å²) in [6.07, 6.45) is 5.04. The topological polar surface area (TPSA) is 157 Å². The van der Waals surface area contributed by atoms with Gasteiger partial charge >= 0.3 is 244 Å². The molecule has 208 valence electrons. The molecule has 0 radical (unpaired) electrons. The Hall–Kier alpha value is -2.30. The fourth-order valence-electron chi connectivity index (χ4n) is 3.91. The number of anilines is 1. The first kappa shape index (κ1) is 29.7. The number of amides is 1. The summed E-state index contributed by atoms with van der Waals surface area (Å²) in [5.41, 5.74) is 1.55. The number of benzene rings is 1. The van der Waals surface area contributed by atoms with Crippen LogP contribution >= 0.6 is 35.3 Å². The molecule has 11 nitrogen and oxygen atoms in total. The van der Waals surface area contributed by atoms with Crippen molar-refractivity contribution in [3.63, 3.8) is 0 Å². The van der Waals surface area contributed by atoms with Crippen molar-refractivity contribution in [3.8, 4) is 0 Å². The van der Waals surface area contributed by atoms with Gasteiger partial charge in [-0.25, -0.2) is 0 Å². The summed E-state index contributed by atoms with van der Waals surface area (Å²) in [5.74, 6) is -2.36. The third-order valence-corrected chi connectivity index (χ3v) is 11.5. The van der Waals surface area contributed by atoms with Crippen LogP contribution in [0.1, 0.15) is 24.8 Å². The van der Waals surface area contributed by atoms with Crippen molar-refractivity contribution in [2.24, 2.45) is 0 Å². The number of hydrogen-bond donors (Lipinski definition) is 3. The Balaban J connectivity index is 1.71. The summed E-state index contributed by atoms with van der Waals surface area (Å²) in [5, 5.41) is 19.5. The molecule has 3 heterocycles. The molecule has 0 aliphatic carbocycles. The molecule has 0 spiro atoms. The number of aromatic nitrogens is 1. The van der Waals surface area contributed by atoms with Gasteiger partial charge in [-0.3, -0.25) is 0 Å². The summed E-state index contributed by atoms with van der Waals surface area (Å²) >= 11 is 6.62. The van der Waals surface area contributed by atoms with E-state index in [4.69, 9.17) is 16.8 Å². The zero-order valence-corrected chi connectivity index (χ0v) is 25.4. The molecule has 1 aromatic carbocycles. The van der Waals surface area contributed by atoms with Crippen LogP contribution < -0.4 is 24.1 Å². The quantitative estimate of drug-likeness (QED) is 0.110. The Kier molecular flexibility index (Phi) is 9.18. The number of carboxylic acids is 1. The van der Waals surface area contributed by atoms with E-state index in [2.05, 4.69) is 17.0 Å². The molecule has 2 aromatic rings. The Labute approximate surface area is 243 Å². The molecule has 0 saturated carbocycles. The van der Waals surface area contributed by atoms with Gasteiger partial charge in [0.15, 0.2) is 0 Å². The van der Waals surface area contributed by atoms with Gasteiger partial charge in [0.1, 0.15) is 0 Å². The van der Waals surface area contributed by atoms with E-state index in [1.807, 2.05) is 19.1 Å². The van der Waals surface area contributed by atoms with Crippen molar-refractivity contribution < 1.29 is 32.9 Å². The van der Waals surface area contributed by atoms with Crippen LogP contribution in [0.5, 0.6) is 0 Å². The average Bonchev–Trinajstić information content (AvgIpc) is 3.44. The molecule has 1 saturated heterocycles. The van der Waals surface area contributed by atoms with Crippen molar-refractivity contribution in [2.75, 3.05) is 17.2 Å². The van der Waals surface area contributed by atoms with E-state index < -0.39 is 34.1 Å². The van der Waals surface area contributed by atoms with Gasteiger partial charge in [0.25, 0.3) is 0 Å². The molecule has 0 atom stereocenters. The number of fused-ring (bicyclic) bond motifs is 1. The van der Waals surface area contributed by atoms with Gasteiger partial charge in [0, 0.05) is 0 Å². The third kappa shape index (κ3) is 6.89. The molecule has 1 amide bonds.